The van der Waals surface area contributed by atoms with Gasteiger partial charge in [-0.25, -0.2) is 18.4 Å². The summed E-state index contributed by atoms with van der Waals surface area (Å²) in [6.07, 6.45) is 4.49. The molecule has 3 aromatic rings. The van der Waals surface area contributed by atoms with Gasteiger partial charge in [-0.05, 0) is 64.8 Å². The second-order valence-electron chi connectivity index (χ2n) is 6.17. The van der Waals surface area contributed by atoms with Crippen molar-refractivity contribution in [3.8, 4) is 17.4 Å². The average Bonchev–Trinajstić information content (AvgIpc) is 3.25. The van der Waals surface area contributed by atoms with Crippen LogP contribution in [0.15, 0.2) is 32.1 Å². The first-order chi connectivity index (χ1) is 13.2. The third-order valence-electron chi connectivity index (χ3n) is 4.48. The minimum Gasteiger partial charge on any atom is -0.474 e. The minimum atomic E-state index is -0.654. The molecule has 8 nitrogen and oxygen atoms in total. The molecule has 0 saturated heterocycles. The zero-order chi connectivity index (χ0) is 18.8. The summed E-state index contributed by atoms with van der Waals surface area (Å²) in [6, 6.07) is 4.14. The van der Waals surface area contributed by atoms with Crippen molar-refractivity contribution in [3.63, 3.8) is 0 Å². The molecule has 10 heteroatoms. The Morgan fingerprint density at radius 2 is 2.22 bits per heavy atom. The molecule has 27 heavy (non-hydrogen) atoms. The standard InChI is InChI=1S/C17H17FN4O4S/c1-27-7-3-2-6-24-16-14(19-26-21-16)15-20-25-17(23)22(15)13-8-10-4-5-11(18)9-12(10)13/h4-5,9,13H,2-3,6-8H2,1H3/t13-/m0/s1. The smallest absolute Gasteiger partial charge is 0.442 e. The van der Waals surface area contributed by atoms with Gasteiger partial charge in [-0.1, -0.05) is 11.2 Å². The zero-order valence-corrected chi connectivity index (χ0v) is 15.4. The van der Waals surface area contributed by atoms with Crippen LogP contribution in [0, 0.1) is 5.82 Å². The number of aromatic nitrogens is 4. The Labute approximate surface area is 157 Å². The highest BCUT2D eigenvalue weighted by atomic mass is 32.2. The molecule has 0 amide bonds. The van der Waals surface area contributed by atoms with Gasteiger partial charge in [0, 0.05) is 0 Å². The molecule has 4 rings (SSSR count). The van der Waals surface area contributed by atoms with Gasteiger partial charge in [-0.15, -0.1) is 0 Å². The van der Waals surface area contributed by atoms with E-state index in [0.29, 0.717) is 13.0 Å². The molecule has 0 spiro atoms. The molecular formula is C17H17FN4O4S. The Morgan fingerprint density at radius 3 is 3.07 bits per heavy atom. The molecule has 1 atom stereocenters. The van der Waals surface area contributed by atoms with Crippen molar-refractivity contribution in [1.82, 2.24) is 20.0 Å². The zero-order valence-electron chi connectivity index (χ0n) is 14.6. The Balaban J connectivity index is 1.59. The number of hydrogen-bond acceptors (Lipinski definition) is 8. The summed E-state index contributed by atoms with van der Waals surface area (Å²) in [4.78, 5) is 12.2. The topological polar surface area (TPSA) is 96.2 Å². The number of rotatable bonds is 8. The highest BCUT2D eigenvalue weighted by Gasteiger charge is 2.34. The van der Waals surface area contributed by atoms with Gasteiger partial charge >= 0.3 is 5.76 Å². The summed E-state index contributed by atoms with van der Waals surface area (Å²) in [5.74, 6) is 0.342. The molecule has 2 heterocycles. The van der Waals surface area contributed by atoms with Gasteiger partial charge in [0.15, 0.2) is 0 Å². The van der Waals surface area contributed by atoms with Crippen LogP contribution in [0.25, 0.3) is 11.5 Å². The Kier molecular flexibility index (Phi) is 4.97. The van der Waals surface area contributed by atoms with E-state index in [2.05, 4.69) is 21.7 Å². The monoisotopic (exact) mass is 392 g/mol. The van der Waals surface area contributed by atoms with Gasteiger partial charge in [0.2, 0.25) is 11.5 Å². The summed E-state index contributed by atoms with van der Waals surface area (Å²) in [5, 5.41) is 11.4. The van der Waals surface area contributed by atoms with Crippen molar-refractivity contribution in [3.05, 3.63) is 45.7 Å². The Hall–Kier alpha value is -2.62. The Morgan fingerprint density at radius 1 is 1.33 bits per heavy atom. The number of benzene rings is 1. The normalized spacial score (nSPS) is 15.4. The predicted octanol–water partition coefficient (Wildman–Crippen LogP) is 2.69. The van der Waals surface area contributed by atoms with Gasteiger partial charge in [-0.2, -0.15) is 11.8 Å². The first-order valence-corrected chi connectivity index (χ1v) is 9.89. The summed E-state index contributed by atoms with van der Waals surface area (Å²) in [5.41, 5.74) is 1.89. The molecular weight excluding hydrogens is 375 g/mol. The van der Waals surface area contributed by atoms with E-state index >= 15 is 0 Å². The fourth-order valence-corrected chi connectivity index (χ4v) is 3.59. The lowest BCUT2D eigenvalue weighted by molar-refractivity contribution is 0.252. The maximum absolute atomic E-state index is 13.6. The van der Waals surface area contributed by atoms with Crippen LogP contribution in [0.4, 0.5) is 4.39 Å². The summed E-state index contributed by atoms with van der Waals surface area (Å²) in [7, 11) is 0. The van der Waals surface area contributed by atoms with E-state index < -0.39 is 5.76 Å². The summed E-state index contributed by atoms with van der Waals surface area (Å²) < 4.78 is 30.1. The molecule has 0 saturated carbocycles. The van der Waals surface area contributed by atoms with Crippen molar-refractivity contribution < 1.29 is 18.3 Å². The van der Waals surface area contributed by atoms with Crippen molar-refractivity contribution in [2.45, 2.75) is 25.3 Å². The third-order valence-corrected chi connectivity index (χ3v) is 5.18. The van der Waals surface area contributed by atoms with Crippen LogP contribution in [0.5, 0.6) is 5.88 Å². The molecule has 142 valence electrons. The molecule has 0 fully saturated rings. The van der Waals surface area contributed by atoms with Crippen LogP contribution in [-0.4, -0.2) is 38.7 Å². The summed E-state index contributed by atoms with van der Waals surface area (Å²) >= 11 is 1.77. The van der Waals surface area contributed by atoms with Crippen LogP contribution in [0.2, 0.25) is 0 Å². The van der Waals surface area contributed by atoms with Gasteiger partial charge in [0.25, 0.3) is 5.88 Å². The second-order valence-corrected chi connectivity index (χ2v) is 7.16. The summed E-state index contributed by atoms with van der Waals surface area (Å²) in [6.45, 7) is 0.446. The van der Waals surface area contributed by atoms with Gasteiger partial charge in [-0.3, -0.25) is 4.52 Å². The van der Waals surface area contributed by atoms with Crippen LogP contribution in [-0.2, 0) is 6.42 Å². The number of unbranched alkanes of at least 4 members (excludes halogenated alkanes) is 1. The van der Waals surface area contributed by atoms with Crippen LogP contribution in [0.3, 0.4) is 0 Å². The van der Waals surface area contributed by atoms with E-state index in [9.17, 15) is 9.18 Å². The van der Waals surface area contributed by atoms with E-state index in [1.54, 1.807) is 17.8 Å². The molecule has 1 aliphatic rings. The van der Waals surface area contributed by atoms with E-state index in [-0.39, 0.29) is 29.3 Å². The third kappa shape index (κ3) is 3.36. The van der Waals surface area contributed by atoms with E-state index in [1.807, 2.05) is 0 Å². The molecule has 2 aromatic heterocycles. The number of hydrogen-bond donors (Lipinski definition) is 0. The second kappa shape index (κ2) is 7.55. The maximum atomic E-state index is 13.6. The fraction of sp³-hybridized carbons (Fsp3) is 0.412. The fourth-order valence-electron chi connectivity index (χ4n) is 3.10. The molecule has 0 unspecified atom stereocenters. The molecule has 0 N–H and O–H groups in total. The number of thioether (sulfide) groups is 1. The van der Waals surface area contributed by atoms with E-state index in [4.69, 9.17) is 13.9 Å². The van der Waals surface area contributed by atoms with Crippen LogP contribution in [0.1, 0.15) is 30.0 Å². The van der Waals surface area contributed by atoms with Gasteiger partial charge in [0.1, 0.15) is 5.82 Å². The molecule has 1 aliphatic carbocycles. The minimum absolute atomic E-state index is 0.153. The lowest BCUT2D eigenvalue weighted by Gasteiger charge is -2.30. The number of halogens is 1. The molecule has 0 aliphatic heterocycles. The van der Waals surface area contributed by atoms with E-state index in [0.717, 1.165) is 29.7 Å². The van der Waals surface area contributed by atoms with E-state index in [1.165, 1.54) is 16.7 Å². The number of nitrogens with zero attached hydrogens (tertiary/aromatic N) is 4. The number of ether oxygens (including phenoxy) is 1. The SMILES string of the molecule is CSCCCCOc1nonc1-c1noc(=O)n1[C@H]1Cc2ccc(F)cc21. The highest BCUT2D eigenvalue weighted by Crippen LogP contribution is 2.38. The lowest BCUT2D eigenvalue weighted by atomic mass is 9.83. The van der Waals surface area contributed by atoms with Crippen molar-refractivity contribution in [2.24, 2.45) is 0 Å². The molecule has 0 radical (unpaired) electrons. The predicted molar refractivity (Wildman–Crippen MR) is 95.4 cm³/mol. The first kappa shape index (κ1) is 17.8. The number of fused-ring (bicyclic) bond motifs is 1. The average molecular weight is 392 g/mol. The maximum Gasteiger partial charge on any atom is 0.442 e. The largest absolute Gasteiger partial charge is 0.474 e. The van der Waals surface area contributed by atoms with Gasteiger partial charge in [0.05, 0.1) is 12.6 Å². The lowest BCUT2D eigenvalue weighted by Crippen LogP contribution is -2.31. The van der Waals surface area contributed by atoms with Crippen LogP contribution >= 0.6 is 11.8 Å². The molecule has 1 aromatic carbocycles. The Bertz CT molecular complexity index is 999. The van der Waals surface area contributed by atoms with Crippen molar-refractivity contribution in [1.29, 1.82) is 0 Å². The first-order valence-electron chi connectivity index (χ1n) is 8.50. The molecule has 0 bridgehead atoms. The van der Waals surface area contributed by atoms with Crippen LogP contribution < -0.4 is 10.5 Å². The van der Waals surface area contributed by atoms with Gasteiger partial charge < -0.3 is 4.74 Å². The van der Waals surface area contributed by atoms with Crippen molar-refractivity contribution >= 4 is 11.8 Å². The highest BCUT2D eigenvalue weighted by molar-refractivity contribution is 7.98. The quantitative estimate of drug-likeness (QED) is 0.540. The van der Waals surface area contributed by atoms with Crippen molar-refractivity contribution in [2.75, 3.05) is 18.6 Å².